The number of carboxylic acids is 1. The lowest BCUT2D eigenvalue weighted by atomic mass is 9.95. The van der Waals surface area contributed by atoms with E-state index in [-0.39, 0.29) is 24.1 Å². The second kappa shape index (κ2) is 8.18. The van der Waals surface area contributed by atoms with E-state index in [4.69, 9.17) is 0 Å². The second-order valence-corrected chi connectivity index (χ2v) is 7.38. The fourth-order valence-corrected chi connectivity index (χ4v) is 3.89. The molecule has 5 nitrogen and oxygen atoms in total. The maximum Gasteiger partial charge on any atom is 0.339 e. The number of halogens is 1. The number of hydrogen-bond donors (Lipinski definition) is 3. The largest absolute Gasteiger partial charge is 0.479 e. The van der Waals surface area contributed by atoms with E-state index in [1.54, 1.807) is 0 Å². The van der Waals surface area contributed by atoms with E-state index in [9.17, 15) is 19.1 Å². The highest BCUT2D eigenvalue weighted by Crippen LogP contribution is 2.38. The molecule has 0 bridgehead atoms. The van der Waals surface area contributed by atoms with Crippen molar-refractivity contribution in [3.05, 3.63) is 107 Å². The molecular formula is C24H21FN2O3. The predicted octanol–water partition coefficient (Wildman–Crippen LogP) is 3.85. The molecule has 1 aliphatic rings. The van der Waals surface area contributed by atoms with Crippen molar-refractivity contribution in [2.75, 3.05) is 0 Å². The maximum absolute atomic E-state index is 13.2. The summed E-state index contributed by atoms with van der Waals surface area (Å²) in [4.78, 5) is 25.2. The Bertz CT molecular complexity index is 992. The summed E-state index contributed by atoms with van der Waals surface area (Å²) >= 11 is 0. The van der Waals surface area contributed by atoms with Gasteiger partial charge in [0.15, 0.2) is 11.4 Å². The van der Waals surface area contributed by atoms with Crippen LogP contribution < -0.4 is 10.6 Å². The Morgan fingerprint density at radius 1 is 0.800 bits per heavy atom. The molecule has 1 heterocycles. The number of benzene rings is 3. The zero-order valence-corrected chi connectivity index (χ0v) is 16.1. The Hall–Kier alpha value is -3.35. The van der Waals surface area contributed by atoms with Gasteiger partial charge in [-0.25, -0.2) is 9.18 Å². The third-order valence-electron chi connectivity index (χ3n) is 5.41. The smallest absolute Gasteiger partial charge is 0.339 e. The topological polar surface area (TPSA) is 78.4 Å². The molecule has 152 valence electrons. The van der Waals surface area contributed by atoms with E-state index in [1.165, 1.54) is 24.3 Å². The van der Waals surface area contributed by atoms with Crippen LogP contribution in [-0.4, -0.2) is 22.5 Å². The van der Waals surface area contributed by atoms with Gasteiger partial charge in [-0.3, -0.25) is 15.4 Å². The van der Waals surface area contributed by atoms with Crippen molar-refractivity contribution in [1.29, 1.82) is 0 Å². The molecular weight excluding hydrogens is 383 g/mol. The van der Waals surface area contributed by atoms with Gasteiger partial charge in [0.25, 0.3) is 0 Å². The first-order valence-corrected chi connectivity index (χ1v) is 9.66. The lowest BCUT2D eigenvalue weighted by Crippen LogP contribution is -2.57. The van der Waals surface area contributed by atoms with Gasteiger partial charge in [-0.1, -0.05) is 60.7 Å². The Morgan fingerprint density at radius 3 is 1.70 bits per heavy atom. The number of Topliss-reactive ketones (excluding diaryl/α,β-unsaturated/α-hetero) is 1. The molecule has 2 atom stereocenters. The highest BCUT2D eigenvalue weighted by atomic mass is 19.1. The van der Waals surface area contributed by atoms with Gasteiger partial charge >= 0.3 is 5.97 Å². The number of carbonyl (C=O) groups excluding carboxylic acids is 1. The molecule has 1 fully saturated rings. The Balaban J connectivity index is 1.70. The standard InChI is InChI=1S/C24H21FN2O3/c25-19-13-11-16(12-14-19)20(28)15-24(23(29)30)26-21(17-7-3-1-4-8-17)22(27-24)18-9-5-2-6-10-18/h1-14,21-22,26-27H,15H2,(H,29,30). The second-order valence-electron chi connectivity index (χ2n) is 7.38. The van der Waals surface area contributed by atoms with Crippen molar-refractivity contribution < 1.29 is 19.1 Å². The highest BCUT2D eigenvalue weighted by Gasteiger charge is 2.51. The van der Waals surface area contributed by atoms with Gasteiger partial charge in [0.2, 0.25) is 0 Å². The van der Waals surface area contributed by atoms with Crippen molar-refractivity contribution >= 4 is 11.8 Å². The maximum atomic E-state index is 13.2. The van der Waals surface area contributed by atoms with Crippen molar-refractivity contribution in [2.24, 2.45) is 0 Å². The zero-order chi connectivity index (χ0) is 21.1. The summed E-state index contributed by atoms with van der Waals surface area (Å²) in [5, 5.41) is 16.4. The molecule has 3 aromatic rings. The fraction of sp³-hybridized carbons (Fsp3) is 0.167. The van der Waals surface area contributed by atoms with Crippen LogP contribution in [0.5, 0.6) is 0 Å². The molecule has 3 N–H and O–H groups in total. The molecule has 0 saturated carbocycles. The Labute approximate surface area is 173 Å². The van der Waals surface area contributed by atoms with Gasteiger partial charge in [-0.05, 0) is 35.4 Å². The molecule has 1 saturated heterocycles. The number of ketones is 1. The van der Waals surface area contributed by atoms with E-state index in [2.05, 4.69) is 10.6 Å². The SMILES string of the molecule is O=C(CC1(C(=O)O)NC(c2ccccc2)C(c2ccccc2)N1)c1ccc(F)cc1. The number of aliphatic carboxylic acids is 1. The molecule has 0 amide bonds. The van der Waals surface area contributed by atoms with E-state index in [0.717, 1.165) is 11.1 Å². The first kappa shape index (κ1) is 19.9. The summed E-state index contributed by atoms with van der Waals surface area (Å²) in [6.07, 6.45) is -0.319. The summed E-state index contributed by atoms with van der Waals surface area (Å²) in [7, 11) is 0. The summed E-state index contributed by atoms with van der Waals surface area (Å²) in [5.41, 5.74) is 0.430. The Morgan fingerprint density at radius 2 is 1.27 bits per heavy atom. The quantitative estimate of drug-likeness (QED) is 0.544. The van der Waals surface area contributed by atoms with Gasteiger partial charge in [0.05, 0.1) is 18.5 Å². The lowest BCUT2D eigenvalue weighted by molar-refractivity contribution is -0.145. The Kier molecular flexibility index (Phi) is 5.44. The van der Waals surface area contributed by atoms with Crippen LogP contribution in [0.3, 0.4) is 0 Å². The van der Waals surface area contributed by atoms with Crippen molar-refractivity contribution in [3.8, 4) is 0 Å². The average molecular weight is 404 g/mol. The molecule has 30 heavy (non-hydrogen) atoms. The van der Waals surface area contributed by atoms with Gasteiger partial charge < -0.3 is 5.11 Å². The molecule has 0 aliphatic carbocycles. The van der Waals surface area contributed by atoms with Gasteiger partial charge in [0.1, 0.15) is 5.82 Å². The predicted molar refractivity (Wildman–Crippen MR) is 110 cm³/mol. The lowest BCUT2D eigenvalue weighted by Gasteiger charge is -2.25. The molecule has 0 radical (unpaired) electrons. The van der Waals surface area contributed by atoms with E-state index < -0.39 is 23.2 Å². The van der Waals surface area contributed by atoms with Crippen LogP contribution >= 0.6 is 0 Å². The molecule has 0 aromatic heterocycles. The van der Waals surface area contributed by atoms with Gasteiger partial charge in [-0.2, -0.15) is 0 Å². The van der Waals surface area contributed by atoms with Crippen molar-refractivity contribution in [1.82, 2.24) is 10.6 Å². The zero-order valence-electron chi connectivity index (χ0n) is 16.1. The van der Waals surface area contributed by atoms with Crippen LogP contribution in [0.15, 0.2) is 84.9 Å². The van der Waals surface area contributed by atoms with Crippen molar-refractivity contribution in [3.63, 3.8) is 0 Å². The molecule has 2 unspecified atom stereocenters. The molecule has 6 heteroatoms. The van der Waals surface area contributed by atoms with Crippen LogP contribution in [0.2, 0.25) is 0 Å². The normalized spacial score (nSPS) is 23.2. The molecule has 3 aromatic carbocycles. The number of carboxylic acid groups (broad SMARTS) is 1. The van der Waals surface area contributed by atoms with Crippen LogP contribution in [-0.2, 0) is 4.79 Å². The fourth-order valence-electron chi connectivity index (χ4n) is 3.89. The summed E-state index contributed by atoms with van der Waals surface area (Å²) in [5.74, 6) is -2.01. The number of hydrogen-bond acceptors (Lipinski definition) is 4. The van der Waals surface area contributed by atoms with E-state index in [1.807, 2.05) is 60.7 Å². The minimum Gasteiger partial charge on any atom is -0.479 e. The highest BCUT2D eigenvalue weighted by molar-refractivity contribution is 6.00. The molecule has 4 rings (SSSR count). The first-order chi connectivity index (χ1) is 14.5. The third kappa shape index (κ3) is 3.87. The van der Waals surface area contributed by atoms with Crippen LogP contribution in [0.1, 0.15) is 40.0 Å². The summed E-state index contributed by atoms with van der Waals surface area (Å²) < 4.78 is 13.2. The number of carbonyl (C=O) groups is 2. The first-order valence-electron chi connectivity index (χ1n) is 9.66. The van der Waals surface area contributed by atoms with Crippen LogP contribution in [0.4, 0.5) is 4.39 Å². The van der Waals surface area contributed by atoms with Gasteiger partial charge in [-0.15, -0.1) is 0 Å². The summed E-state index contributed by atoms with van der Waals surface area (Å²) in [6.45, 7) is 0. The third-order valence-corrected chi connectivity index (χ3v) is 5.41. The summed E-state index contributed by atoms with van der Waals surface area (Å²) in [6, 6.07) is 23.5. The van der Waals surface area contributed by atoms with E-state index in [0.29, 0.717) is 0 Å². The van der Waals surface area contributed by atoms with Crippen molar-refractivity contribution in [2.45, 2.75) is 24.2 Å². The van der Waals surface area contributed by atoms with Crippen LogP contribution in [0, 0.1) is 5.82 Å². The minimum atomic E-state index is -1.66. The monoisotopic (exact) mass is 404 g/mol. The molecule has 0 spiro atoms. The van der Waals surface area contributed by atoms with Gasteiger partial charge in [0, 0.05) is 5.56 Å². The number of rotatable bonds is 6. The molecule has 1 aliphatic heterocycles. The van der Waals surface area contributed by atoms with Crippen LogP contribution in [0.25, 0.3) is 0 Å². The number of nitrogens with one attached hydrogen (secondary N) is 2. The minimum absolute atomic E-state index is 0.264. The van der Waals surface area contributed by atoms with E-state index >= 15 is 0 Å². The average Bonchev–Trinajstić information content (AvgIpc) is 3.16.